The Morgan fingerprint density at radius 1 is 1.08 bits per heavy atom. The molecule has 0 spiro atoms. The molecule has 0 saturated heterocycles. The second-order valence-corrected chi connectivity index (χ2v) is 7.56. The topological polar surface area (TPSA) is 35.5 Å². The quantitative estimate of drug-likeness (QED) is 0.435. The molecule has 3 nitrogen and oxygen atoms in total. The van der Waals surface area contributed by atoms with Crippen LogP contribution in [0, 0.1) is 11.8 Å². The Morgan fingerprint density at radius 2 is 1.88 bits per heavy atom. The SMILES string of the molecule is CCCCOc1ccc(/C=C2\CCC(C3CCCC3)C2=O)cc1OCC. The van der Waals surface area contributed by atoms with Gasteiger partial charge in [-0.1, -0.05) is 32.3 Å². The Morgan fingerprint density at radius 3 is 2.62 bits per heavy atom. The van der Waals surface area contributed by atoms with Crippen LogP contribution in [0.4, 0.5) is 0 Å². The number of Topliss-reactive ketones (excluding diaryl/α,β-unsaturated/α-hetero) is 1. The van der Waals surface area contributed by atoms with Gasteiger partial charge in [-0.2, -0.15) is 0 Å². The molecule has 0 amide bonds. The van der Waals surface area contributed by atoms with Crippen molar-refractivity contribution in [1.29, 1.82) is 0 Å². The summed E-state index contributed by atoms with van der Waals surface area (Å²) in [5.41, 5.74) is 2.02. The van der Waals surface area contributed by atoms with Gasteiger partial charge in [0.1, 0.15) is 0 Å². The number of carbonyl (C=O) groups is 1. The molecule has 2 aliphatic carbocycles. The third-order valence-electron chi connectivity index (χ3n) is 5.71. The first-order valence-corrected chi connectivity index (χ1v) is 10.4. The third-order valence-corrected chi connectivity index (χ3v) is 5.71. The zero-order valence-electron chi connectivity index (χ0n) is 16.3. The molecule has 1 aromatic rings. The van der Waals surface area contributed by atoms with Gasteiger partial charge in [0.25, 0.3) is 0 Å². The van der Waals surface area contributed by atoms with E-state index in [1.165, 1.54) is 25.7 Å². The summed E-state index contributed by atoms with van der Waals surface area (Å²) in [5, 5.41) is 0. The summed E-state index contributed by atoms with van der Waals surface area (Å²) in [6, 6.07) is 6.02. The van der Waals surface area contributed by atoms with Gasteiger partial charge in [-0.25, -0.2) is 0 Å². The molecule has 2 saturated carbocycles. The third kappa shape index (κ3) is 4.49. The van der Waals surface area contributed by atoms with E-state index in [1.807, 2.05) is 25.1 Å². The summed E-state index contributed by atoms with van der Waals surface area (Å²) in [4.78, 5) is 12.8. The highest BCUT2D eigenvalue weighted by molar-refractivity contribution is 6.03. The second kappa shape index (κ2) is 9.25. The summed E-state index contributed by atoms with van der Waals surface area (Å²) in [6.07, 6.45) is 11.2. The highest BCUT2D eigenvalue weighted by Gasteiger charge is 2.36. The molecule has 142 valence electrons. The van der Waals surface area contributed by atoms with Crippen molar-refractivity contribution in [2.24, 2.45) is 11.8 Å². The fourth-order valence-electron chi connectivity index (χ4n) is 4.29. The number of carbonyl (C=O) groups excluding carboxylic acids is 1. The molecule has 0 N–H and O–H groups in total. The van der Waals surface area contributed by atoms with Gasteiger partial charge in [-0.15, -0.1) is 0 Å². The molecule has 2 aliphatic rings. The van der Waals surface area contributed by atoms with Gasteiger partial charge < -0.3 is 9.47 Å². The first-order valence-electron chi connectivity index (χ1n) is 10.4. The minimum atomic E-state index is 0.270. The van der Waals surface area contributed by atoms with Crippen LogP contribution in [0.25, 0.3) is 6.08 Å². The fraction of sp³-hybridized carbons (Fsp3) is 0.609. The van der Waals surface area contributed by atoms with Crippen LogP contribution in [0.2, 0.25) is 0 Å². The predicted octanol–water partition coefficient (Wildman–Crippen LogP) is 5.82. The van der Waals surface area contributed by atoms with Crippen molar-refractivity contribution in [2.75, 3.05) is 13.2 Å². The molecule has 3 rings (SSSR count). The van der Waals surface area contributed by atoms with E-state index >= 15 is 0 Å². The summed E-state index contributed by atoms with van der Waals surface area (Å²) in [6.45, 7) is 5.44. The molecule has 0 aromatic heterocycles. The average Bonchev–Trinajstić information content (AvgIpc) is 3.28. The number of ketones is 1. The molecular weight excluding hydrogens is 324 g/mol. The van der Waals surface area contributed by atoms with E-state index in [-0.39, 0.29) is 5.92 Å². The lowest BCUT2D eigenvalue weighted by atomic mass is 9.88. The van der Waals surface area contributed by atoms with Crippen LogP contribution >= 0.6 is 0 Å². The van der Waals surface area contributed by atoms with Crippen LogP contribution in [0.3, 0.4) is 0 Å². The number of ether oxygens (including phenoxy) is 2. The maximum atomic E-state index is 12.8. The van der Waals surface area contributed by atoms with Gasteiger partial charge in [0.15, 0.2) is 17.3 Å². The van der Waals surface area contributed by atoms with Crippen LogP contribution in [0.1, 0.15) is 70.8 Å². The lowest BCUT2D eigenvalue weighted by molar-refractivity contribution is -0.119. The molecule has 0 heterocycles. The first-order chi connectivity index (χ1) is 12.7. The second-order valence-electron chi connectivity index (χ2n) is 7.56. The van der Waals surface area contributed by atoms with Crippen molar-refractivity contribution >= 4 is 11.9 Å². The Labute approximate surface area is 157 Å². The van der Waals surface area contributed by atoms with Crippen molar-refractivity contribution < 1.29 is 14.3 Å². The molecule has 0 aliphatic heterocycles. The maximum absolute atomic E-state index is 12.8. The summed E-state index contributed by atoms with van der Waals surface area (Å²) < 4.78 is 11.6. The van der Waals surface area contributed by atoms with Gasteiger partial charge >= 0.3 is 0 Å². The van der Waals surface area contributed by atoms with Crippen LogP contribution in [-0.4, -0.2) is 19.0 Å². The standard InChI is InChI=1S/C23H32O3/c1-3-5-14-26-21-13-10-17(16-22(21)25-4-2)15-19-11-12-20(23(19)24)18-8-6-7-9-18/h10,13,15-16,18,20H,3-9,11-12,14H2,1-2H3/b19-15+. The van der Waals surface area contributed by atoms with E-state index in [2.05, 4.69) is 13.0 Å². The maximum Gasteiger partial charge on any atom is 0.162 e. The van der Waals surface area contributed by atoms with E-state index in [0.717, 1.165) is 48.3 Å². The van der Waals surface area contributed by atoms with Gasteiger partial charge in [-0.3, -0.25) is 4.79 Å². The van der Waals surface area contributed by atoms with E-state index in [4.69, 9.17) is 9.47 Å². The lowest BCUT2D eigenvalue weighted by Crippen LogP contribution is -2.16. The Hall–Kier alpha value is -1.77. The zero-order valence-corrected chi connectivity index (χ0v) is 16.3. The Bertz CT molecular complexity index is 641. The van der Waals surface area contributed by atoms with E-state index in [0.29, 0.717) is 24.9 Å². The molecular formula is C23H32O3. The number of rotatable bonds is 8. The molecule has 3 heteroatoms. The molecule has 0 bridgehead atoms. The summed E-state index contributed by atoms with van der Waals surface area (Å²) in [7, 11) is 0. The Balaban J connectivity index is 1.73. The fourth-order valence-corrected chi connectivity index (χ4v) is 4.29. The summed E-state index contributed by atoms with van der Waals surface area (Å²) in [5.74, 6) is 2.85. The van der Waals surface area contributed by atoms with Crippen molar-refractivity contribution in [3.63, 3.8) is 0 Å². The van der Waals surface area contributed by atoms with Crippen molar-refractivity contribution in [3.8, 4) is 11.5 Å². The molecule has 1 aromatic carbocycles. The average molecular weight is 357 g/mol. The van der Waals surface area contributed by atoms with E-state index in [9.17, 15) is 4.79 Å². The Kier molecular flexibility index (Phi) is 6.76. The van der Waals surface area contributed by atoms with Gasteiger partial charge in [-0.05, 0) is 74.3 Å². The number of benzene rings is 1. The zero-order chi connectivity index (χ0) is 18.4. The predicted molar refractivity (Wildman–Crippen MR) is 106 cm³/mol. The van der Waals surface area contributed by atoms with E-state index in [1.54, 1.807) is 0 Å². The molecule has 2 fully saturated rings. The van der Waals surface area contributed by atoms with Crippen LogP contribution in [-0.2, 0) is 4.79 Å². The minimum absolute atomic E-state index is 0.270. The number of hydrogen-bond donors (Lipinski definition) is 0. The largest absolute Gasteiger partial charge is 0.490 e. The van der Waals surface area contributed by atoms with E-state index < -0.39 is 0 Å². The number of hydrogen-bond acceptors (Lipinski definition) is 3. The van der Waals surface area contributed by atoms with Gasteiger partial charge in [0.05, 0.1) is 13.2 Å². The molecule has 1 atom stereocenters. The van der Waals surface area contributed by atoms with Crippen LogP contribution in [0.15, 0.2) is 23.8 Å². The normalized spacial score (nSPS) is 22.3. The first kappa shape index (κ1) is 19.0. The highest BCUT2D eigenvalue weighted by Crippen LogP contribution is 2.41. The molecule has 1 unspecified atom stereocenters. The highest BCUT2D eigenvalue weighted by atomic mass is 16.5. The van der Waals surface area contributed by atoms with Crippen molar-refractivity contribution in [3.05, 3.63) is 29.3 Å². The summed E-state index contributed by atoms with van der Waals surface area (Å²) >= 11 is 0. The lowest BCUT2D eigenvalue weighted by Gasteiger charge is -2.15. The van der Waals surface area contributed by atoms with Gasteiger partial charge in [0, 0.05) is 5.92 Å². The number of unbranched alkanes of at least 4 members (excludes halogenated alkanes) is 1. The van der Waals surface area contributed by atoms with Crippen LogP contribution in [0.5, 0.6) is 11.5 Å². The number of allylic oxidation sites excluding steroid dienone is 1. The smallest absolute Gasteiger partial charge is 0.162 e. The molecule has 0 radical (unpaired) electrons. The van der Waals surface area contributed by atoms with Crippen molar-refractivity contribution in [2.45, 2.75) is 65.2 Å². The monoisotopic (exact) mass is 356 g/mol. The van der Waals surface area contributed by atoms with Crippen LogP contribution < -0.4 is 9.47 Å². The minimum Gasteiger partial charge on any atom is -0.490 e. The van der Waals surface area contributed by atoms with Gasteiger partial charge in [0.2, 0.25) is 0 Å². The molecule has 26 heavy (non-hydrogen) atoms. The van der Waals surface area contributed by atoms with Crippen molar-refractivity contribution in [1.82, 2.24) is 0 Å².